The topological polar surface area (TPSA) is 38.9 Å². The van der Waals surface area contributed by atoms with Gasteiger partial charge in [0.1, 0.15) is 0 Å². The van der Waals surface area contributed by atoms with Crippen molar-refractivity contribution < 1.29 is 0 Å². The van der Waals surface area contributed by atoms with Gasteiger partial charge in [-0.3, -0.25) is 4.98 Å². The maximum Gasteiger partial charge on any atom is 0.0678 e. The second kappa shape index (κ2) is 3.69. The second-order valence-electron chi connectivity index (χ2n) is 5.07. The Kier molecular flexibility index (Phi) is 2.51. The van der Waals surface area contributed by atoms with Crippen molar-refractivity contribution in [3.05, 3.63) is 30.1 Å². The van der Waals surface area contributed by atoms with Crippen molar-refractivity contribution in [1.82, 2.24) is 4.98 Å². The van der Waals surface area contributed by atoms with Gasteiger partial charge in [-0.05, 0) is 42.4 Å². The minimum atomic E-state index is 0.448. The van der Waals surface area contributed by atoms with E-state index in [1.165, 1.54) is 12.0 Å². The Morgan fingerprint density at radius 1 is 1.40 bits per heavy atom. The van der Waals surface area contributed by atoms with Gasteiger partial charge in [0.2, 0.25) is 0 Å². The van der Waals surface area contributed by atoms with Crippen LogP contribution in [-0.2, 0) is 0 Å². The third kappa shape index (κ3) is 2.38. The Hall–Kier alpha value is -1.31. The Labute approximate surface area is 91.2 Å². The van der Waals surface area contributed by atoms with E-state index in [-0.39, 0.29) is 0 Å². The molecule has 1 heterocycles. The zero-order chi connectivity index (χ0) is 10.9. The van der Waals surface area contributed by atoms with Crippen molar-refractivity contribution in [1.29, 1.82) is 0 Å². The number of rotatable bonds is 1. The summed E-state index contributed by atoms with van der Waals surface area (Å²) in [7, 11) is 0. The van der Waals surface area contributed by atoms with E-state index in [9.17, 15) is 0 Å². The molecule has 0 unspecified atom stereocenters. The van der Waals surface area contributed by atoms with Gasteiger partial charge in [-0.15, -0.1) is 0 Å². The highest BCUT2D eigenvalue weighted by atomic mass is 14.7. The van der Waals surface area contributed by atoms with Crippen molar-refractivity contribution >= 4 is 11.3 Å². The van der Waals surface area contributed by atoms with Crippen LogP contribution < -0.4 is 5.73 Å². The van der Waals surface area contributed by atoms with E-state index in [4.69, 9.17) is 5.73 Å². The lowest BCUT2D eigenvalue weighted by molar-refractivity contribution is 0.334. The summed E-state index contributed by atoms with van der Waals surface area (Å²) in [5.41, 5.74) is 9.39. The molecule has 80 valence electrons. The number of allylic oxidation sites excluding steroid dienone is 2. The minimum Gasteiger partial charge on any atom is -0.399 e. The monoisotopic (exact) mass is 202 g/mol. The lowest BCUT2D eigenvalue weighted by Crippen LogP contribution is -2.14. The molecule has 0 amide bonds. The molecule has 1 aromatic rings. The molecular formula is C13H18N2. The Balaban J connectivity index is 2.23. The third-order valence-corrected chi connectivity index (χ3v) is 3.09. The molecule has 0 aromatic carbocycles. The van der Waals surface area contributed by atoms with E-state index in [0.717, 1.165) is 24.2 Å². The summed E-state index contributed by atoms with van der Waals surface area (Å²) >= 11 is 0. The predicted molar refractivity (Wildman–Crippen MR) is 64.3 cm³/mol. The van der Waals surface area contributed by atoms with Crippen LogP contribution in [-0.4, -0.2) is 4.98 Å². The Morgan fingerprint density at radius 2 is 2.20 bits per heavy atom. The smallest absolute Gasteiger partial charge is 0.0678 e. The lowest BCUT2D eigenvalue weighted by atomic mass is 9.78. The quantitative estimate of drug-likeness (QED) is 0.759. The van der Waals surface area contributed by atoms with E-state index < -0.39 is 0 Å². The number of nitrogens with two attached hydrogens (primary N) is 1. The summed E-state index contributed by atoms with van der Waals surface area (Å²) in [6.07, 6.45) is 7.58. The van der Waals surface area contributed by atoms with Gasteiger partial charge in [-0.1, -0.05) is 19.9 Å². The van der Waals surface area contributed by atoms with Gasteiger partial charge in [0.15, 0.2) is 0 Å². The summed E-state index contributed by atoms with van der Waals surface area (Å²) < 4.78 is 0. The maximum absolute atomic E-state index is 5.75. The van der Waals surface area contributed by atoms with Crippen LogP contribution in [0.2, 0.25) is 0 Å². The number of anilines is 1. The summed E-state index contributed by atoms with van der Waals surface area (Å²) in [5, 5.41) is 0. The van der Waals surface area contributed by atoms with Crippen molar-refractivity contribution in [2.75, 3.05) is 5.73 Å². The van der Waals surface area contributed by atoms with Crippen LogP contribution in [0.4, 0.5) is 5.69 Å². The molecular weight excluding hydrogens is 184 g/mol. The molecule has 2 heteroatoms. The molecule has 1 aliphatic carbocycles. The summed E-state index contributed by atoms with van der Waals surface area (Å²) in [4.78, 5) is 4.36. The standard InChI is InChI=1S/C13H18N2/c1-13(2)6-3-10(4-7-13)12-9-11(14)5-8-15-12/h3,5,8-9H,4,6-7H2,1-2H3,(H2,14,15). The van der Waals surface area contributed by atoms with Crippen LogP contribution in [0.5, 0.6) is 0 Å². The SMILES string of the molecule is CC1(C)CC=C(c2cc(N)ccn2)CC1. The van der Waals surface area contributed by atoms with Crippen molar-refractivity contribution in [2.24, 2.45) is 5.41 Å². The highest BCUT2D eigenvalue weighted by Crippen LogP contribution is 2.37. The summed E-state index contributed by atoms with van der Waals surface area (Å²) in [6, 6.07) is 3.79. The number of nitrogen functional groups attached to an aromatic ring is 1. The third-order valence-electron chi connectivity index (χ3n) is 3.09. The molecule has 0 radical (unpaired) electrons. The Bertz CT molecular complexity index is 391. The van der Waals surface area contributed by atoms with Gasteiger partial charge < -0.3 is 5.73 Å². The van der Waals surface area contributed by atoms with Crippen LogP contribution in [0.1, 0.15) is 38.8 Å². The van der Waals surface area contributed by atoms with E-state index >= 15 is 0 Å². The first-order valence-corrected chi connectivity index (χ1v) is 5.48. The number of hydrogen-bond acceptors (Lipinski definition) is 2. The highest BCUT2D eigenvalue weighted by molar-refractivity contribution is 5.65. The molecule has 0 saturated carbocycles. The fourth-order valence-electron chi connectivity index (χ4n) is 1.93. The fraction of sp³-hybridized carbons (Fsp3) is 0.462. The van der Waals surface area contributed by atoms with Crippen LogP contribution in [0.3, 0.4) is 0 Å². The summed E-state index contributed by atoms with van der Waals surface area (Å²) in [5.74, 6) is 0. The van der Waals surface area contributed by atoms with Gasteiger partial charge in [-0.25, -0.2) is 0 Å². The fourth-order valence-corrected chi connectivity index (χ4v) is 1.93. The number of pyridine rings is 1. The summed E-state index contributed by atoms with van der Waals surface area (Å²) in [6.45, 7) is 4.63. The molecule has 0 fully saturated rings. The molecule has 0 bridgehead atoms. The minimum absolute atomic E-state index is 0.448. The van der Waals surface area contributed by atoms with Gasteiger partial charge in [0, 0.05) is 11.9 Å². The first-order valence-electron chi connectivity index (χ1n) is 5.48. The molecule has 0 atom stereocenters. The zero-order valence-electron chi connectivity index (χ0n) is 9.46. The molecule has 0 saturated heterocycles. The molecule has 2 nitrogen and oxygen atoms in total. The average Bonchev–Trinajstić information content (AvgIpc) is 2.17. The molecule has 1 aliphatic rings. The van der Waals surface area contributed by atoms with Crippen molar-refractivity contribution in [3.63, 3.8) is 0 Å². The molecule has 2 N–H and O–H groups in total. The van der Waals surface area contributed by atoms with Gasteiger partial charge in [0.05, 0.1) is 5.69 Å². The number of nitrogens with zero attached hydrogens (tertiary/aromatic N) is 1. The van der Waals surface area contributed by atoms with Crippen LogP contribution in [0.25, 0.3) is 5.57 Å². The normalized spacial score (nSPS) is 19.7. The van der Waals surface area contributed by atoms with Crippen LogP contribution >= 0.6 is 0 Å². The van der Waals surface area contributed by atoms with Crippen LogP contribution in [0.15, 0.2) is 24.4 Å². The van der Waals surface area contributed by atoms with Crippen LogP contribution in [0, 0.1) is 5.41 Å². The maximum atomic E-state index is 5.75. The zero-order valence-corrected chi connectivity index (χ0v) is 9.46. The molecule has 2 rings (SSSR count). The molecule has 0 aliphatic heterocycles. The second-order valence-corrected chi connectivity index (χ2v) is 5.07. The first-order chi connectivity index (χ1) is 7.07. The van der Waals surface area contributed by atoms with E-state index in [1.54, 1.807) is 6.20 Å². The molecule has 0 spiro atoms. The molecule has 15 heavy (non-hydrogen) atoms. The van der Waals surface area contributed by atoms with Gasteiger partial charge >= 0.3 is 0 Å². The number of aromatic nitrogens is 1. The van der Waals surface area contributed by atoms with Gasteiger partial charge in [-0.2, -0.15) is 0 Å². The predicted octanol–water partition coefficient (Wildman–Crippen LogP) is 3.26. The Morgan fingerprint density at radius 3 is 2.80 bits per heavy atom. The first kappa shape index (κ1) is 10.2. The number of hydrogen-bond donors (Lipinski definition) is 1. The van der Waals surface area contributed by atoms with Crippen molar-refractivity contribution in [2.45, 2.75) is 33.1 Å². The highest BCUT2D eigenvalue weighted by Gasteiger charge is 2.22. The van der Waals surface area contributed by atoms with E-state index in [0.29, 0.717) is 5.41 Å². The largest absolute Gasteiger partial charge is 0.399 e. The van der Waals surface area contributed by atoms with E-state index in [1.807, 2.05) is 12.1 Å². The lowest BCUT2D eigenvalue weighted by Gasteiger charge is -2.28. The van der Waals surface area contributed by atoms with Gasteiger partial charge in [0.25, 0.3) is 0 Å². The van der Waals surface area contributed by atoms with E-state index in [2.05, 4.69) is 24.9 Å². The molecule has 1 aromatic heterocycles. The average molecular weight is 202 g/mol. The van der Waals surface area contributed by atoms with Crippen molar-refractivity contribution in [3.8, 4) is 0 Å².